The fraction of sp³-hybridized carbons (Fsp3) is 0.222. The Hall–Kier alpha value is -2.82. The number of aryl methyl sites for hydroxylation is 1. The average Bonchev–Trinajstić information content (AvgIpc) is 3.24. The summed E-state index contributed by atoms with van der Waals surface area (Å²) in [4.78, 5) is 16.0. The third kappa shape index (κ3) is 3.51. The Labute approximate surface area is 134 Å². The average molecular weight is 310 g/mol. The molecule has 5 heteroatoms. The molecule has 0 aliphatic heterocycles. The van der Waals surface area contributed by atoms with Crippen LogP contribution in [0.15, 0.2) is 64.0 Å². The lowest BCUT2D eigenvalue weighted by atomic mass is 9.93. The minimum Gasteiger partial charge on any atom is -0.469 e. The van der Waals surface area contributed by atoms with Gasteiger partial charge in [-0.25, -0.2) is 4.98 Å². The predicted molar refractivity (Wildman–Crippen MR) is 85.2 cm³/mol. The van der Waals surface area contributed by atoms with Crippen molar-refractivity contribution >= 4 is 5.91 Å². The maximum atomic E-state index is 12.1. The van der Waals surface area contributed by atoms with Crippen molar-refractivity contribution in [1.82, 2.24) is 10.3 Å². The molecule has 2 aromatic heterocycles. The molecular weight excluding hydrogens is 292 g/mol. The van der Waals surface area contributed by atoms with Gasteiger partial charge >= 0.3 is 0 Å². The van der Waals surface area contributed by atoms with E-state index in [1.807, 2.05) is 30.3 Å². The second-order valence-electron chi connectivity index (χ2n) is 5.28. The summed E-state index contributed by atoms with van der Waals surface area (Å²) in [5.74, 6) is 1.30. The molecule has 0 aliphatic carbocycles. The lowest BCUT2D eigenvalue weighted by Gasteiger charge is -2.15. The van der Waals surface area contributed by atoms with Gasteiger partial charge in [0.25, 0.3) is 5.91 Å². The number of benzene rings is 1. The van der Waals surface area contributed by atoms with Crippen LogP contribution in [0.5, 0.6) is 0 Å². The van der Waals surface area contributed by atoms with Gasteiger partial charge in [0.15, 0.2) is 12.1 Å². The zero-order chi connectivity index (χ0) is 16.1. The molecule has 3 aromatic rings. The number of furan rings is 1. The SMILES string of the molecule is Cc1ocnc1C(=O)NCCC(c1ccccc1)c1ccco1. The molecule has 2 heterocycles. The smallest absolute Gasteiger partial charge is 0.273 e. The lowest BCUT2D eigenvalue weighted by molar-refractivity contribution is 0.0946. The number of aromatic nitrogens is 1. The molecule has 1 unspecified atom stereocenters. The Bertz CT molecular complexity index is 748. The second-order valence-corrected chi connectivity index (χ2v) is 5.28. The van der Waals surface area contributed by atoms with E-state index in [9.17, 15) is 4.79 Å². The molecule has 1 aromatic carbocycles. The first-order valence-electron chi connectivity index (χ1n) is 7.52. The van der Waals surface area contributed by atoms with Gasteiger partial charge in [0.1, 0.15) is 11.5 Å². The Morgan fingerprint density at radius 1 is 1.17 bits per heavy atom. The number of hydrogen-bond donors (Lipinski definition) is 1. The molecule has 0 aliphatic rings. The van der Waals surface area contributed by atoms with Crippen molar-refractivity contribution in [2.75, 3.05) is 6.54 Å². The molecule has 1 N–H and O–H groups in total. The van der Waals surface area contributed by atoms with Crippen LogP contribution in [0, 0.1) is 6.92 Å². The van der Waals surface area contributed by atoms with Crippen LogP contribution in [-0.4, -0.2) is 17.4 Å². The van der Waals surface area contributed by atoms with Crippen LogP contribution in [0.3, 0.4) is 0 Å². The highest BCUT2D eigenvalue weighted by Crippen LogP contribution is 2.27. The number of oxazole rings is 1. The minimum absolute atomic E-state index is 0.102. The number of hydrogen-bond acceptors (Lipinski definition) is 4. The van der Waals surface area contributed by atoms with Gasteiger partial charge < -0.3 is 14.2 Å². The van der Waals surface area contributed by atoms with Gasteiger partial charge in [-0.1, -0.05) is 30.3 Å². The molecule has 1 atom stereocenters. The van der Waals surface area contributed by atoms with Crippen molar-refractivity contribution in [2.45, 2.75) is 19.3 Å². The molecule has 1 amide bonds. The Morgan fingerprint density at radius 2 is 2.00 bits per heavy atom. The van der Waals surface area contributed by atoms with Crippen molar-refractivity contribution in [3.8, 4) is 0 Å². The highest BCUT2D eigenvalue weighted by atomic mass is 16.3. The third-order valence-electron chi connectivity index (χ3n) is 3.77. The lowest BCUT2D eigenvalue weighted by Crippen LogP contribution is -2.26. The number of amides is 1. The van der Waals surface area contributed by atoms with E-state index in [-0.39, 0.29) is 11.8 Å². The Kier molecular flexibility index (Phi) is 4.57. The molecule has 0 saturated heterocycles. The first kappa shape index (κ1) is 15.1. The topological polar surface area (TPSA) is 68.3 Å². The third-order valence-corrected chi connectivity index (χ3v) is 3.77. The summed E-state index contributed by atoms with van der Waals surface area (Å²) in [6.07, 6.45) is 3.68. The van der Waals surface area contributed by atoms with E-state index >= 15 is 0 Å². The molecule has 0 bridgehead atoms. The summed E-state index contributed by atoms with van der Waals surface area (Å²) in [6, 6.07) is 14.0. The highest BCUT2D eigenvalue weighted by molar-refractivity contribution is 5.92. The number of carbonyl (C=O) groups is 1. The van der Waals surface area contributed by atoms with E-state index < -0.39 is 0 Å². The second kappa shape index (κ2) is 6.96. The van der Waals surface area contributed by atoms with Crippen LogP contribution in [0.4, 0.5) is 0 Å². The molecule has 0 spiro atoms. The normalized spacial score (nSPS) is 12.0. The molecule has 23 heavy (non-hydrogen) atoms. The van der Waals surface area contributed by atoms with Gasteiger partial charge in [-0.05, 0) is 31.0 Å². The molecular formula is C18H18N2O3. The molecule has 5 nitrogen and oxygen atoms in total. The van der Waals surface area contributed by atoms with Crippen LogP contribution in [0.2, 0.25) is 0 Å². The quantitative estimate of drug-likeness (QED) is 0.756. The number of rotatable bonds is 6. The molecule has 0 radical (unpaired) electrons. The van der Waals surface area contributed by atoms with Crippen LogP contribution in [0.1, 0.15) is 39.9 Å². The molecule has 0 fully saturated rings. The van der Waals surface area contributed by atoms with E-state index in [1.54, 1.807) is 13.2 Å². The number of carbonyl (C=O) groups excluding carboxylic acids is 1. The van der Waals surface area contributed by atoms with Crippen LogP contribution < -0.4 is 5.32 Å². The fourth-order valence-corrected chi connectivity index (χ4v) is 2.59. The zero-order valence-corrected chi connectivity index (χ0v) is 12.9. The standard InChI is InChI=1S/C18H18N2O3/c1-13-17(20-12-23-13)18(21)19-10-9-15(16-8-5-11-22-16)14-6-3-2-4-7-14/h2-8,11-12,15H,9-10H2,1H3,(H,19,21). The Balaban J connectivity index is 1.66. The van der Waals surface area contributed by atoms with Crippen molar-refractivity contribution in [3.63, 3.8) is 0 Å². The largest absolute Gasteiger partial charge is 0.469 e. The maximum Gasteiger partial charge on any atom is 0.273 e. The van der Waals surface area contributed by atoms with Gasteiger partial charge in [0.05, 0.1) is 6.26 Å². The van der Waals surface area contributed by atoms with Crippen molar-refractivity contribution in [2.24, 2.45) is 0 Å². The van der Waals surface area contributed by atoms with E-state index in [4.69, 9.17) is 8.83 Å². The first-order chi connectivity index (χ1) is 11.3. The van der Waals surface area contributed by atoms with Gasteiger partial charge in [-0.3, -0.25) is 4.79 Å². The zero-order valence-electron chi connectivity index (χ0n) is 12.9. The summed E-state index contributed by atoms with van der Waals surface area (Å²) >= 11 is 0. The van der Waals surface area contributed by atoms with Gasteiger partial charge in [-0.2, -0.15) is 0 Å². The number of nitrogens with one attached hydrogen (secondary N) is 1. The van der Waals surface area contributed by atoms with Gasteiger partial charge in [0.2, 0.25) is 0 Å². The van der Waals surface area contributed by atoms with E-state index in [0.717, 1.165) is 17.7 Å². The van der Waals surface area contributed by atoms with Crippen LogP contribution in [-0.2, 0) is 0 Å². The first-order valence-corrected chi connectivity index (χ1v) is 7.52. The van der Waals surface area contributed by atoms with E-state index in [2.05, 4.69) is 22.4 Å². The van der Waals surface area contributed by atoms with Gasteiger partial charge in [-0.15, -0.1) is 0 Å². The van der Waals surface area contributed by atoms with Crippen molar-refractivity contribution < 1.29 is 13.6 Å². The van der Waals surface area contributed by atoms with Crippen LogP contribution in [0.25, 0.3) is 0 Å². The summed E-state index contributed by atoms with van der Waals surface area (Å²) in [7, 11) is 0. The summed E-state index contributed by atoms with van der Waals surface area (Å²) in [5, 5.41) is 2.88. The van der Waals surface area contributed by atoms with E-state index in [1.165, 1.54) is 6.39 Å². The predicted octanol–water partition coefficient (Wildman–Crippen LogP) is 3.53. The minimum atomic E-state index is -0.220. The number of nitrogens with zero attached hydrogens (tertiary/aromatic N) is 1. The monoisotopic (exact) mass is 310 g/mol. The van der Waals surface area contributed by atoms with Gasteiger partial charge in [0, 0.05) is 12.5 Å². The Morgan fingerprint density at radius 3 is 2.65 bits per heavy atom. The molecule has 0 saturated carbocycles. The molecule has 3 rings (SSSR count). The van der Waals surface area contributed by atoms with E-state index in [0.29, 0.717) is 18.0 Å². The fourth-order valence-electron chi connectivity index (χ4n) is 2.59. The van der Waals surface area contributed by atoms with Crippen molar-refractivity contribution in [1.29, 1.82) is 0 Å². The summed E-state index contributed by atoms with van der Waals surface area (Å²) in [5.41, 5.74) is 1.49. The summed E-state index contributed by atoms with van der Waals surface area (Å²) in [6.45, 7) is 2.24. The van der Waals surface area contributed by atoms with Crippen LogP contribution >= 0.6 is 0 Å². The highest BCUT2D eigenvalue weighted by Gasteiger charge is 2.18. The molecule has 118 valence electrons. The van der Waals surface area contributed by atoms with Crippen molar-refractivity contribution in [3.05, 3.63) is 77.9 Å². The summed E-state index contributed by atoms with van der Waals surface area (Å²) < 4.78 is 10.6. The maximum absolute atomic E-state index is 12.1.